The predicted molar refractivity (Wildman–Crippen MR) is 148 cm³/mol. The Hall–Kier alpha value is -4.49. The maximum absolute atomic E-state index is 5.98. The second-order valence-electron chi connectivity index (χ2n) is 8.74. The molecule has 0 spiro atoms. The Morgan fingerprint density at radius 2 is 1.05 bits per heavy atom. The number of methoxy groups -OCH3 is 4. The Labute approximate surface area is 235 Å². The van der Waals surface area contributed by atoms with Gasteiger partial charge in [0.1, 0.15) is 5.69 Å². The van der Waals surface area contributed by atoms with E-state index in [-0.39, 0.29) is 16.5 Å². The van der Waals surface area contributed by atoms with E-state index in [1.165, 1.54) is 0 Å². The van der Waals surface area contributed by atoms with Gasteiger partial charge in [-0.05, 0) is 48.0 Å². The fraction of sp³-hybridized carbons (Fsp3) is 0.133. The molecule has 0 unspecified atom stereocenters. The van der Waals surface area contributed by atoms with Gasteiger partial charge in [-0.3, -0.25) is 0 Å². The Bertz CT molecular complexity index is 1770. The van der Waals surface area contributed by atoms with Crippen molar-refractivity contribution in [3.05, 3.63) is 101 Å². The molecule has 1 aromatic carbocycles. The SMILES string of the molecule is COC1=C(OC)c2nc1cc1ccc(cc3ccc(cc4nc(c2OC)C(OC)=C4c2ccccc2)[nH]3)[nH]1.[Ni]. The number of aromatic nitrogens is 4. The number of ether oxygens (including phenoxy) is 4. The topological polar surface area (TPSA) is 94.3 Å². The molecule has 0 aliphatic carbocycles. The average molecular weight is 565 g/mol. The first-order valence-electron chi connectivity index (χ1n) is 12.1. The number of benzene rings is 1. The van der Waals surface area contributed by atoms with E-state index in [2.05, 4.69) is 9.97 Å². The van der Waals surface area contributed by atoms with Gasteiger partial charge in [-0.2, -0.15) is 0 Å². The molecule has 200 valence electrons. The molecule has 3 aromatic heterocycles. The molecular formula is C30H26N4NiO4. The molecule has 8 bridgehead atoms. The standard InChI is InChI=1S/C30H26N4O4.Ni/c1-35-27-23-16-21-13-11-19(32-21)14-18-10-12-20(31-18)15-22-24(17-8-6-5-7-9-17)28(36-2)25(33-22)29(37-3)26(34-23)30(27)38-4;/h5-16,31-32H,1-4H3;. The summed E-state index contributed by atoms with van der Waals surface area (Å²) in [4.78, 5) is 16.8. The molecule has 2 N–H and O–H groups in total. The molecule has 0 saturated carbocycles. The van der Waals surface area contributed by atoms with Gasteiger partial charge in [-0.1, -0.05) is 30.3 Å². The molecule has 8 nitrogen and oxygen atoms in total. The molecule has 2 aliphatic rings. The van der Waals surface area contributed by atoms with E-state index in [4.69, 9.17) is 28.9 Å². The summed E-state index contributed by atoms with van der Waals surface area (Å²) in [5.41, 5.74) is 7.77. The minimum absolute atomic E-state index is 0. The van der Waals surface area contributed by atoms with Crippen molar-refractivity contribution in [3.8, 4) is 5.75 Å². The van der Waals surface area contributed by atoms with Crippen LogP contribution in [0.1, 0.15) is 28.3 Å². The van der Waals surface area contributed by atoms with Crippen molar-refractivity contribution < 1.29 is 35.4 Å². The van der Waals surface area contributed by atoms with E-state index in [0.29, 0.717) is 40.1 Å². The monoisotopic (exact) mass is 564 g/mol. The Morgan fingerprint density at radius 1 is 0.538 bits per heavy atom. The second kappa shape index (κ2) is 10.7. The smallest absolute Gasteiger partial charge is 0.192 e. The van der Waals surface area contributed by atoms with Crippen molar-refractivity contribution in [1.82, 2.24) is 19.9 Å². The van der Waals surface area contributed by atoms with E-state index in [0.717, 1.165) is 38.9 Å². The van der Waals surface area contributed by atoms with Crippen LogP contribution in [-0.2, 0) is 30.7 Å². The second-order valence-corrected chi connectivity index (χ2v) is 8.74. The van der Waals surface area contributed by atoms with E-state index >= 15 is 0 Å². The number of hydrogen-bond donors (Lipinski definition) is 2. The first kappa shape index (κ1) is 26.1. The third-order valence-corrected chi connectivity index (χ3v) is 6.48. The first-order chi connectivity index (χ1) is 18.6. The van der Waals surface area contributed by atoms with Crippen LogP contribution in [0.2, 0.25) is 0 Å². The molecule has 2 aliphatic heterocycles. The summed E-state index contributed by atoms with van der Waals surface area (Å²) in [5.74, 6) is 1.93. The number of fused-ring (bicyclic) bond motifs is 8. The first-order valence-corrected chi connectivity index (χ1v) is 12.1. The van der Waals surface area contributed by atoms with Crippen molar-refractivity contribution in [2.75, 3.05) is 28.4 Å². The summed E-state index contributed by atoms with van der Waals surface area (Å²) < 4.78 is 23.5. The molecule has 0 atom stereocenters. The van der Waals surface area contributed by atoms with Crippen molar-refractivity contribution in [2.24, 2.45) is 0 Å². The predicted octanol–water partition coefficient (Wildman–Crippen LogP) is 6.00. The van der Waals surface area contributed by atoms with E-state index in [1.54, 1.807) is 28.4 Å². The van der Waals surface area contributed by atoms with Gasteiger partial charge in [-0.15, -0.1) is 0 Å². The van der Waals surface area contributed by atoms with Gasteiger partial charge < -0.3 is 28.9 Å². The molecule has 0 saturated heterocycles. The molecule has 0 fully saturated rings. The van der Waals surface area contributed by atoms with Gasteiger partial charge in [0.15, 0.2) is 34.4 Å². The summed E-state index contributed by atoms with van der Waals surface area (Å²) in [5, 5.41) is 0. The van der Waals surface area contributed by atoms with Crippen LogP contribution >= 0.6 is 0 Å². The summed E-state index contributed by atoms with van der Waals surface area (Å²) in [6.45, 7) is 0. The summed E-state index contributed by atoms with van der Waals surface area (Å²) in [6, 6.07) is 24.0. The molecule has 5 heterocycles. The maximum Gasteiger partial charge on any atom is 0.192 e. The van der Waals surface area contributed by atoms with Crippen LogP contribution in [0.25, 0.3) is 44.9 Å². The molecule has 39 heavy (non-hydrogen) atoms. The largest absolute Gasteiger partial charge is 0.494 e. The molecular weight excluding hydrogens is 539 g/mol. The van der Waals surface area contributed by atoms with Crippen LogP contribution < -0.4 is 4.74 Å². The van der Waals surface area contributed by atoms with Crippen molar-refractivity contribution in [1.29, 1.82) is 0 Å². The fourth-order valence-corrected chi connectivity index (χ4v) is 4.85. The number of aromatic amines is 2. The molecule has 0 radical (unpaired) electrons. The number of rotatable bonds is 5. The van der Waals surface area contributed by atoms with Crippen LogP contribution in [0.3, 0.4) is 0 Å². The quantitative estimate of drug-likeness (QED) is 0.289. The molecule has 0 amide bonds. The zero-order valence-corrected chi connectivity index (χ0v) is 22.8. The third-order valence-electron chi connectivity index (χ3n) is 6.48. The number of nitrogens with one attached hydrogen (secondary N) is 2. The van der Waals surface area contributed by atoms with Gasteiger partial charge in [-0.25, -0.2) is 9.97 Å². The van der Waals surface area contributed by atoms with Gasteiger partial charge in [0.2, 0.25) is 0 Å². The average Bonchev–Trinajstić information content (AvgIpc) is 3.71. The number of nitrogens with zero attached hydrogens (tertiary/aromatic N) is 2. The van der Waals surface area contributed by atoms with Crippen molar-refractivity contribution in [3.63, 3.8) is 0 Å². The van der Waals surface area contributed by atoms with Gasteiger partial charge in [0.25, 0.3) is 0 Å². The van der Waals surface area contributed by atoms with E-state index in [9.17, 15) is 0 Å². The maximum atomic E-state index is 5.98. The summed E-state index contributed by atoms with van der Waals surface area (Å²) in [7, 11) is 6.39. The van der Waals surface area contributed by atoms with Crippen LogP contribution in [0.4, 0.5) is 0 Å². The Morgan fingerprint density at radius 3 is 1.62 bits per heavy atom. The Balaban J connectivity index is 0.00000308. The molecule has 9 heteroatoms. The molecule has 4 aromatic rings. The number of hydrogen-bond acceptors (Lipinski definition) is 6. The van der Waals surface area contributed by atoms with Crippen LogP contribution in [0.15, 0.2) is 72.8 Å². The van der Waals surface area contributed by atoms with E-state index in [1.807, 2.05) is 72.8 Å². The van der Waals surface area contributed by atoms with Crippen LogP contribution in [-0.4, -0.2) is 48.4 Å². The Kier molecular flexibility index (Phi) is 7.18. The van der Waals surface area contributed by atoms with Crippen LogP contribution in [0, 0.1) is 0 Å². The van der Waals surface area contributed by atoms with Crippen LogP contribution in [0.5, 0.6) is 5.75 Å². The minimum atomic E-state index is 0. The van der Waals surface area contributed by atoms with Gasteiger partial charge in [0.05, 0.1) is 39.7 Å². The summed E-state index contributed by atoms with van der Waals surface area (Å²) >= 11 is 0. The van der Waals surface area contributed by atoms with Crippen molar-refractivity contribution >= 4 is 44.9 Å². The van der Waals surface area contributed by atoms with Gasteiger partial charge >= 0.3 is 0 Å². The number of H-pyrrole nitrogens is 2. The van der Waals surface area contributed by atoms with E-state index < -0.39 is 0 Å². The third kappa shape index (κ3) is 4.55. The fourth-order valence-electron chi connectivity index (χ4n) is 4.85. The zero-order valence-electron chi connectivity index (χ0n) is 21.8. The molecule has 6 rings (SSSR count). The van der Waals surface area contributed by atoms with Crippen molar-refractivity contribution in [2.45, 2.75) is 0 Å². The normalized spacial score (nSPS) is 12.7. The zero-order chi connectivity index (χ0) is 26.2. The van der Waals surface area contributed by atoms with Gasteiger partial charge in [0, 0.05) is 38.6 Å². The minimum Gasteiger partial charge on any atom is -0.494 e. The summed E-state index contributed by atoms with van der Waals surface area (Å²) in [6.07, 6.45) is 0.